The highest BCUT2D eigenvalue weighted by atomic mass is 19.1. The summed E-state index contributed by atoms with van der Waals surface area (Å²) in [5, 5.41) is 4.59. The highest BCUT2D eigenvalue weighted by Crippen LogP contribution is 2.24. The SMILES string of the molecule is COc1ccc(-n2nc(C(=O)N3CCN(c4ccc(F)cc4)CC3)nc2-c2ccccc2)cc1. The highest BCUT2D eigenvalue weighted by Gasteiger charge is 2.27. The van der Waals surface area contributed by atoms with Crippen LogP contribution in [0.1, 0.15) is 10.6 Å². The van der Waals surface area contributed by atoms with Crippen LogP contribution in [0.15, 0.2) is 78.9 Å². The van der Waals surface area contributed by atoms with Gasteiger partial charge in [0.25, 0.3) is 5.91 Å². The fourth-order valence-electron chi connectivity index (χ4n) is 4.04. The molecule has 0 saturated carbocycles. The van der Waals surface area contributed by atoms with Gasteiger partial charge in [0.2, 0.25) is 5.82 Å². The van der Waals surface area contributed by atoms with Crippen molar-refractivity contribution in [3.8, 4) is 22.8 Å². The van der Waals surface area contributed by atoms with E-state index in [2.05, 4.69) is 15.0 Å². The predicted molar refractivity (Wildman–Crippen MR) is 128 cm³/mol. The summed E-state index contributed by atoms with van der Waals surface area (Å²) in [7, 11) is 1.62. The molecule has 1 amide bonds. The van der Waals surface area contributed by atoms with Crippen LogP contribution in [0, 0.1) is 5.82 Å². The Morgan fingerprint density at radius 3 is 2.15 bits per heavy atom. The third-order valence-corrected chi connectivity index (χ3v) is 5.91. The molecule has 8 heteroatoms. The van der Waals surface area contributed by atoms with Crippen molar-refractivity contribution in [3.05, 3.63) is 90.5 Å². The third kappa shape index (κ3) is 4.34. The summed E-state index contributed by atoms with van der Waals surface area (Å²) in [6.07, 6.45) is 0. The molecular weight excluding hydrogens is 433 g/mol. The lowest BCUT2D eigenvalue weighted by molar-refractivity contribution is 0.0734. The Morgan fingerprint density at radius 1 is 0.853 bits per heavy atom. The van der Waals surface area contributed by atoms with Gasteiger partial charge >= 0.3 is 0 Å². The maximum absolute atomic E-state index is 13.3. The summed E-state index contributed by atoms with van der Waals surface area (Å²) in [4.78, 5) is 21.9. The summed E-state index contributed by atoms with van der Waals surface area (Å²) >= 11 is 0. The first-order valence-corrected chi connectivity index (χ1v) is 11.1. The monoisotopic (exact) mass is 457 g/mol. The number of ether oxygens (including phenoxy) is 1. The van der Waals surface area contributed by atoms with Gasteiger partial charge in [-0.05, 0) is 48.5 Å². The van der Waals surface area contributed by atoms with E-state index in [1.807, 2.05) is 54.6 Å². The molecule has 1 saturated heterocycles. The molecule has 0 bridgehead atoms. The minimum Gasteiger partial charge on any atom is -0.497 e. The van der Waals surface area contributed by atoms with Gasteiger partial charge in [0.1, 0.15) is 11.6 Å². The van der Waals surface area contributed by atoms with E-state index in [4.69, 9.17) is 4.74 Å². The van der Waals surface area contributed by atoms with E-state index < -0.39 is 0 Å². The van der Waals surface area contributed by atoms with Gasteiger partial charge in [-0.15, -0.1) is 5.10 Å². The van der Waals surface area contributed by atoms with Crippen molar-refractivity contribution >= 4 is 11.6 Å². The Labute approximate surface area is 197 Å². The molecular formula is C26H24FN5O2. The van der Waals surface area contributed by atoms with E-state index in [9.17, 15) is 9.18 Å². The average molecular weight is 458 g/mol. The average Bonchev–Trinajstić information content (AvgIpc) is 3.35. The molecule has 0 spiro atoms. The van der Waals surface area contributed by atoms with Crippen LogP contribution < -0.4 is 9.64 Å². The van der Waals surface area contributed by atoms with E-state index in [0.29, 0.717) is 32.0 Å². The number of hydrogen-bond donors (Lipinski definition) is 0. The van der Waals surface area contributed by atoms with Crippen LogP contribution in [0.4, 0.5) is 10.1 Å². The van der Waals surface area contributed by atoms with Gasteiger partial charge in [-0.25, -0.2) is 14.1 Å². The molecule has 0 unspecified atom stereocenters. The number of anilines is 1. The molecule has 172 valence electrons. The Kier molecular flexibility index (Phi) is 5.95. The van der Waals surface area contributed by atoms with E-state index >= 15 is 0 Å². The number of hydrogen-bond acceptors (Lipinski definition) is 5. The molecule has 2 heterocycles. The van der Waals surface area contributed by atoms with Gasteiger partial charge in [0, 0.05) is 37.4 Å². The van der Waals surface area contributed by atoms with Crippen LogP contribution in [0.25, 0.3) is 17.1 Å². The van der Waals surface area contributed by atoms with Crippen molar-refractivity contribution in [3.63, 3.8) is 0 Å². The van der Waals surface area contributed by atoms with Gasteiger partial charge in [-0.1, -0.05) is 30.3 Å². The maximum Gasteiger partial charge on any atom is 0.293 e. The fraction of sp³-hybridized carbons (Fsp3) is 0.192. The normalized spacial score (nSPS) is 13.7. The van der Waals surface area contributed by atoms with Gasteiger partial charge in [-0.3, -0.25) is 4.79 Å². The van der Waals surface area contributed by atoms with Crippen molar-refractivity contribution in [2.24, 2.45) is 0 Å². The number of carbonyl (C=O) groups is 1. The first-order chi connectivity index (χ1) is 16.6. The molecule has 1 fully saturated rings. The summed E-state index contributed by atoms with van der Waals surface area (Å²) < 4.78 is 20.2. The fourth-order valence-corrected chi connectivity index (χ4v) is 4.04. The van der Waals surface area contributed by atoms with Crippen LogP contribution in [-0.2, 0) is 0 Å². The lowest BCUT2D eigenvalue weighted by Gasteiger charge is -2.35. The molecule has 0 atom stereocenters. The lowest BCUT2D eigenvalue weighted by Crippen LogP contribution is -2.49. The second kappa shape index (κ2) is 9.35. The van der Waals surface area contributed by atoms with E-state index in [-0.39, 0.29) is 17.5 Å². The van der Waals surface area contributed by atoms with E-state index in [0.717, 1.165) is 22.7 Å². The van der Waals surface area contributed by atoms with Crippen molar-refractivity contribution in [1.29, 1.82) is 0 Å². The second-order valence-corrected chi connectivity index (χ2v) is 7.99. The largest absolute Gasteiger partial charge is 0.497 e. The molecule has 0 aliphatic carbocycles. The number of methoxy groups -OCH3 is 1. The van der Waals surface area contributed by atoms with Crippen molar-refractivity contribution in [1.82, 2.24) is 19.7 Å². The summed E-state index contributed by atoms with van der Waals surface area (Å²) in [5.74, 6) is 1.03. The summed E-state index contributed by atoms with van der Waals surface area (Å²) in [6.45, 7) is 2.38. The molecule has 7 nitrogen and oxygen atoms in total. The van der Waals surface area contributed by atoms with E-state index in [1.165, 1.54) is 12.1 Å². The zero-order chi connectivity index (χ0) is 23.5. The van der Waals surface area contributed by atoms with Crippen LogP contribution in [0.5, 0.6) is 5.75 Å². The Morgan fingerprint density at radius 2 is 1.50 bits per heavy atom. The Balaban J connectivity index is 1.39. The number of aromatic nitrogens is 3. The maximum atomic E-state index is 13.3. The van der Waals surface area contributed by atoms with Gasteiger partial charge in [0.15, 0.2) is 5.82 Å². The molecule has 5 rings (SSSR count). The molecule has 0 radical (unpaired) electrons. The number of nitrogens with zero attached hydrogens (tertiary/aromatic N) is 5. The Hall–Kier alpha value is -4.20. The standard InChI is InChI=1S/C26H24FN5O2/c1-34-23-13-11-22(12-14-23)32-25(19-5-3-2-4-6-19)28-24(29-32)26(33)31-17-15-30(16-18-31)21-9-7-20(27)8-10-21/h2-14H,15-18H2,1H3. The van der Waals surface area contributed by atoms with E-state index in [1.54, 1.807) is 28.8 Å². The van der Waals surface area contributed by atoms with Crippen LogP contribution in [-0.4, -0.2) is 58.9 Å². The zero-order valence-electron chi connectivity index (χ0n) is 18.8. The first kappa shape index (κ1) is 21.6. The number of piperazine rings is 1. The van der Waals surface area contributed by atoms with Crippen molar-refractivity contribution in [2.75, 3.05) is 38.2 Å². The highest BCUT2D eigenvalue weighted by molar-refractivity contribution is 5.91. The molecule has 1 aromatic heterocycles. The quantitative estimate of drug-likeness (QED) is 0.453. The number of halogens is 1. The van der Waals surface area contributed by atoms with Gasteiger partial charge in [0.05, 0.1) is 12.8 Å². The molecule has 3 aromatic carbocycles. The second-order valence-electron chi connectivity index (χ2n) is 7.99. The van der Waals surface area contributed by atoms with Crippen LogP contribution in [0.2, 0.25) is 0 Å². The zero-order valence-corrected chi connectivity index (χ0v) is 18.8. The van der Waals surface area contributed by atoms with Crippen LogP contribution >= 0.6 is 0 Å². The van der Waals surface area contributed by atoms with Crippen molar-refractivity contribution < 1.29 is 13.9 Å². The van der Waals surface area contributed by atoms with Gasteiger partial charge < -0.3 is 14.5 Å². The minimum atomic E-state index is -0.259. The van der Waals surface area contributed by atoms with Crippen LogP contribution in [0.3, 0.4) is 0 Å². The predicted octanol–water partition coefficient (Wildman–Crippen LogP) is 4.04. The topological polar surface area (TPSA) is 63.5 Å². The first-order valence-electron chi connectivity index (χ1n) is 11.1. The molecule has 34 heavy (non-hydrogen) atoms. The number of benzene rings is 3. The minimum absolute atomic E-state index is 0.157. The molecule has 1 aliphatic rings. The van der Waals surface area contributed by atoms with Crippen molar-refractivity contribution in [2.45, 2.75) is 0 Å². The smallest absolute Gasteiger partial charge is 0.293 e. The molecule has 4 aromatic rings. The number of rotatable bonds is 5. The summed E-state index contributed by atoms with van der Waals surface area (Å²) in [6, 6.07) is 23.6. The lowest BCUT2D eigenvalue weighted by atomic mass is 10.2. The molecule has 1 aliphatic heterocycles. The number of amides is 1. The Bertz CT molecular complexity index is 1270. The molecule has 0 N–H and O–H groups in total. The number of carbonyl (C=O) groups excluding carboxylic acids is 1. The summed E-state index contributed by atoms with van der Waals surface area (Å²) in [5.41, 5.74) is 2.60. The van der Waals surface area contributed by atoms with Gasteiger partial charge in [-0.2, -0.15) is 0 Å². The third-order valence-electron chi connectivity index (χ3n) is 5.91.